The molecule has 0 aromatic heterocycles. The minimum absolute atomic E-state index is 0.0881. The number of fused-ring (bicyclic) bond motifs is 1. The minimum atomic E-state index is -3.55. The third-order valence-electron chi connectivity index (χ3n) is 4.49. The summed E-state index contributed by atoms with van der Waals surface area (Å²) in [5.74, 6) is 0.570. The zero-order valence-corrected chi connectivity index (χ0v) is 18.0. The molecule has 1 heterocycles. The summed E-state index contributed by atoms with van der Waals surface area (Å²) in [7, 11) is -3.55. The van der Waals surface area contributed by atoms with Gasteiger partial charge in [-0.25, -0.2) is 8.42 Å². The number of carbonyl (C=O) groups is 1. The number of hydrogen-bond donors (Lipinski definition) is 1. The molecular weight excluding hydrogens is 416 g/mol. The van der Waals surface area contributed by atoms with Crippen molar-refractivity contribution in [3.05, 3.63) is 52.5 Å². The molecule has 0 spiro atoms. The van der Waals surface area contributed by atoms with E-state index in [1.807, 2.05) is 19.9 Å². The standard InChI is InChI=1S/C20H23ClN2O5S/c1-13-4-7-17-18(10-13)28-19(12-23(17)29(3,25)26)20(24)22-8-9-27-15-6-5-14(2)16(21)11-15/h4-7,10-11,19H,8-9,12H2,1-3H3,(H,22,24)/t19-/m0/s1. The Morgan fingerprint density at radius 2 is 2.03 bits per heavy atom. The molecule has 0 aliphatic carbocycles. The van der Waals surface area contributed by atoms with Crippen molar-refractivity contribution in [3.8, 4) is 11.5 Å². The van der Waals surface area contributed by atoms with Gasteiger partial charge in [0.2, 0.25) is 10.0 Å². The number of aryl methyl sites for hydroxylation is 2. The normalized spacial score (nSPS) is 16.0. The molecule has 0 bridgehead atoms. The molecule has 1 aliphatic heterocycles. The second-order valence-electron chi connectivity index (χ2n) is 6.92. The molecule has 29 heavy (non-hydrogen) atoms. The minimum Gasteiger partial charge on any atom is -0.492 e. The molecule has 1 N–H and O–H groups in total. The molecule has 0 saturated carbocycles. The van der Waals surface area contributed by atoms with Gasteiger partial charge in [0.15, 0.2) is 6.10 Å². The first-order valence-electron chi connectivity index (χ1n) is 9.07. The van der Waals surface area contributed by atoms with Gasteiger partial charge in [-0.2, -0.15) is 0 Å². The van der Waals surface area contributed by atoms with Crippen molar-refractivity contribution in [2.24, 2.45) is 0 Å². The van der Waals surface area contributed by atoms with E-state index in [2.05, 4.69) is 5.32 Å². The van der Waals surface area contributed by atoms with E-state index in [-0.39, 0.29) is 19.7 Å². The summed E-state index contributed by atoms with van der Waals surface area (Å²) >= 11 is 6.06. The van der Waals surface area contributed by atoms with E-state index < -0.39 is 22.0 Å². The zero-order valence-electron chi connectivity index (χ0n) is 16.4. The molecule has 2 aromatic rings. The Labute approximate surface area is 175 Å². The number of benzene rings is 2. The average Bonchev–Trinajstić information content (AvgIpc) is 2.65. The van der Waals surface area contributed by atoms with Crippen molar-refractivity contribution >= 4 is 33.2 Å². The lowest BCUT2D eigenvalue weighted by Crippen LogP contribution is -2.51. The third kappa shape index (κ3) is 5.13. The van der Waals surface area contributed by atoms with Gasteiger partial charge in [-0.1, -0.05) is 23.7 Å². The number of anilines is 1. The highest BCUT2D eigenvalue weighted by Gasteiger charge is 2.34. The third-order valence-corrected chi connectivity index (χ3v) is 6.04. The average molecular weight is 439 g/mol. The Kier molecular flexibility index (Phi) is 6.24. The van der Waals surface area contributed by atoms with Crippen molar-refractivity contribution in [1.29, 1.82) is 0 Å². The first-order chi connectivity index (χ1) is 13.6. The second-order valence-corrected chi connectivity index (χ2v) is 9.24. The summed E-state index contributed by atoms with van der Waals surface area (Å²) in [5, 5.41) is 3.33. The number of nitrogens with zero attached hydrogens (tertiary/aromatic N) is 1. The van der Waals surface area contributed by atoms with E-state index in [0.717, 1.165) is 17.4 Å². The lowest BCUT2D eigenvalue weighted by molar-refractivity contribution is -0.127. The van der Waals surface area contributed by atoms with Crippen molar-refractivity contribution in [2.75, 3.05) is 30.3 Å². The highest BCUT2D eigenvalue weighted by molar-refractivity contribution is 7.92. The maximum absolute atomic E-state index is 12.5. The summed E-state index contributed by atoms with van der Waals surface area (Å²) in [6, 6.07) is 10.6. The van der Waals surface area contributed by atoms with Gasteiger partial charge in [-0.15, -0.1) is 0 Å². The fourth-order valence-corrected chi connectivity index (χ4v) is 4.02. The van der Waals surface area contributed by atoms with Crippen LogP contribution in [-0.2, 0) is 14.8 Å². The van der Waals surface area contributed by atoms with Crippen LogP contribution < -0.4 is 19.1 Å². The van der Waals surface area contributed by atoms with Crippen LogP contribution in [-0.4, -0.2) is 46.4 Å². The summed E-state index contributed by atoms with van der Waals surface area (Å²) in [4.78, 5) is 12.5. The van der Waals surface area contributed by atoms with E-state index in [9.17, 15) is 13.2 Å². The van der Waals surface area contributed by atoms with Gasteiger partial charge in [0.05, 0.1) is 25.0 Å². The molecule has 9 heteroatoms. The number of amides is 1. The number of hydrogen-bond acceptors (Lipinski definition) is 5. The van der Waals surface area contributed by atoms with Gasteiger partial charge in [0, 0.05) is 5.02 Å². The van der Waals surface area contributed by atoms with Crippen LogP contribution >= 0.6 is 11.6 Å². The van der Waals surface area contributed by atoms with Crippen LogP contribution in [0.25, 0.3) is 0 Å². The number of sulfonamides is 1. The van der Waals surface area contributed by atoms with Crippen molar-refractivity contribution < 1.29 is 22.7 Å². The van der Waals surface area contributed by atoms with Crippen molar-refractivity contribution in [2.45, 2.75) is 20.0 Å². The molecule has 0 radical (unpaired) electrons. The molecule has 1 atom stereocenters. The second kappa shape index (κ2) is 8.51. The Morgan fingerprint density at radius 3 is 2.72 bits per heavy atom. The molecule has 2 aromatic carbocycles. The predicted molar refractivity (Wildman–Crippen MR) is 112 cm³/mol. The van der Waals surface area contributed by atoms with Crippen LogP contribution in [0.3, 0.4) is 0 Å². The Balaban J connectivity index is 1.61. The zero-order chi connectivity index (χ0) is 21.2. The molecule has 7 nitrogen and oxygen atoms in total. The van der Waals surface area contributed by atoms with Gasteiger partial charge in [-0.05, 0) is 49.2 Å². The maximum atomic E-state index is 12.5. The molecule has 3 rings (SSSR count). The van der Waals surface area contributed by atoms with Crippen molar-refractivity contribution in [3.63, 3.8) is 0 Å². The van der Waals surface area contributed by atoms with Gasteiger partial charge in [0.25, 0.3) is 5.91 Å². The highest BCUT2D eigenvalue weighted by Crippen LogP contribution is 2.35. The monoisotopic (exact) mass is 438 g/mol. The van der Waals surface area contributed by atoms with E-state index in [4.69, 9.17) is 21.1 Å². The molecule has 156 valence electrons. The molecule has 0 unspecified atom stereocenters. The van der Waals surface area contributed by atoms with E-state index in [1.165, 1.54) is 4.31 Å². The molecular formula is C20H23ClN2O5S. The SMILES string of the molecule is Cc1ccc2c(c1)O[C@H](C(=O)NCCOc1ccc(C)c(Cl)c1)CN2S(C)(=O)=O. The summed E-state index contributed by atoms with van der Waals surface area (Å²) < 4.78 is 36.9. The smallest absolute Gasteiger partial charge is 0.263 e. The number of ether oxygens (including phenoxy) is 2. The predicted octanol–water partition coefficient (Wildman–Crippen LogP) is 2.68. The first-order valence-corrected chi connectivity index (χ1v) is 11.3. The van der Waals surface area contributed by atoms with Crippen LogP contribution in [0.15, 0.2) is 36.4 Å². The molecule has 0 saturated heterocycles. The van der Waals surface area contributed by atoms with Gasteiger partial charge >= 0.3 is 0 Å². The van der Waals surface area contributed by atoms with Crippen LogP contribution in [0.4, 0.5) is 5.69 Å². The number of nitrogens with one attached hydrogen (secondary N) is 1. The van der Waals surface area contributed by atoms with Crippen LogP contribution in [0.2, 0.25) is 5.02 Å². The maximum Gasteiger partial charge on any atom is 0.263 e. The summed E-state index contributed by atoms with van der Waals surface area (Å²) in [5.41, 5.74) is 2.29. The van der Waals surface area contributed by atoms with Crippen LogP contribution in [0.1, 0.15) is 11.1 Å². The Morgan fingerprint density at radius 1 is 1.28 bits per heavy atom. The number of halogens is 1. The largest absolute Gasteiger partial charge is 0.492 e. The summed E-state index contributed by atoms with van der Waals surface area (Å²) in [6.45, 7) is 4.16. The van der Waals surface area contributed by atoms with Crippen molar-refractivity contribution in [1.82, 2.24) is 5.32 Å². The van der Waals surface area contributed by atoms with Gasteiger partial charge in [0.1, 0.15) is 18.1 Å². The van der Waals surface area contributed by atoms with Gasteiger partial charge in [-0.3, -0.25) is 9.10 Å². The lowest BCUT2D eigenvalue weighted by atomic mass is 10.1. The van der Waals surface area contributed by atoms with Crippen LogP contribution in [0, 0.1) is 13.8 Å². The van der Waals surface area contributed by atoms with Crippen LogP contribution in [0.5, 0.6) is 11.5 Å². The Hall–Kier alpha value is -2.45. The fraction of sp³-hybridized carbons (Fsp3) is 0.350. The molecule has 1 amide bonds. The van der Waals surface area contributed by atoms with E-state index in [1.54, 1.807) is 30.3 Å². The first kappa shape index (κ1) is 21.3. The Bertz CT molecular complexity index is 1030. The van der Waals surface area contributed by atoms with E-state index >= 15 is 0 Å². The fourth-order valence-electron chi connectivity index (χ4n) is 2.93. The summed E-state index contributed by atoms with van der Waals surface area (Å²) in [6.07, 6.45) is 0.158. The lowest BCUT2D eigenvalue weighted by Gasteiger charge is -2.34. The highest BCUT2D eigenvalue weighted by atomic mass is 35.5. The number of carbonyl (C=O) groups excluding carboxylic acids is 1. The van der Waals surface area contributed by atoms with E-state index in [0.29, 0.717) is 22.2 Å². The van der Waals surface area contributed by atoms with Gasteiger partial charge < -0.3 is 14.8 Å². The molecule has 1 aliphatic rings. The number of rotatable bonds is 6. The molecule has 0 fully saturated rings. The quantitative estimate of drug-likeness (QED) is 0.701. The topological polar surface area (TPSA) is 84.9 Å².